The minimum atomic E-state index is -3.13. The van der Waals surface area contributed by atoms with Gasteiger partial charge < -0.3 is 15.4 Å². The van der Waals surface area contributed by atoms with Crippen molar-refractivity contribution < 1.29 is 13.2 Å². The Balaban J connectivity index is 0.00000450. The van der Waals surface area contributed by atoms with E-state index >= 15 is 0 Å². The van der Waals surface area contributed by atoms with Crippen molar-refractivity contribution in [3.63, 3.8) is 0 Å². The van der Waals surface area contributed by atoms with Gasteiger partial charge in [-0.1, -0.05) is 48.5 Å². The second-order valence-electron chi connectivity index (χ2n) is 6.68. The summed E-state index contributed by atoms with van der Waals surface area (Å²) < 4.78 is 29.9. The zero-order chi connectivity index (χ0) is 21.0. The van der Waals surface area contributed by atoms with Crippen LogP contribution in [0, 0.1) is 0 Å². The van der Waals surface area contributed by atoms with Gasteiger partial charge in [-0.15, -0.1) is 24.0 Å². The highest BCUT2D eigenvalue weighted by atomic mass is 127. The predicted molar refractivity (Wildman–Crippen MR) is 135 cm³/mol. The number of methoxy groups -OCH3 is 1. The number of ether oxygens (including phenoxy) is 1. The fraction of sp³-hybridized carbons (Fsp3) is 0.409. The maximum absolute atomic E-state index is 12.3. The quantitative estimate of drug-likeness (QED) is 0.196. The largest absolute Gasteiger partial charge is 0.496 e. The first-order chi connectivity index (χ1) is 14.0. The van der Waals surface area contributed by atoms with Crippen LogP contribution in [0.4, 0.5) is 0 Å². The average molecular weight is 545 g/mol. The van der Waals surface area contributed by atoms with Crippen molar-refractivity contribution in [3.8, 4) is 5.75 Å². The highest BCUT2D eigenvalue weighted by molar-refractivity contribution is 14.0. The van der Waals surface area contributed by atoms with Crippen molar-refractivity contribution in [1.29, 1.82) is 0 Å². The van der Waals surface area contributed by atoms with Crippen molar-refractivity contribution in [3.05, 3.63) is 65.7 Å². The molecule has 2 rings (SSSR count). The lowest BCUT2D eigenvalue weighted by molar-refractivity contribution is 0.409. The molecule has 0 saturated heterocycles. The van der Waals surface area contributed by atoms with E-state index in [1.807, 2.05) is 61.5 Å². The van der Waals surface area contributed by atoms with Gasteiger partial charge in [-0.2, -0.15) is 0 Å². The SMILES string of the molecule is CCNC(=NCCCS(=O)(=O)Cc1ccccc1)NCCc1ccccc1OC.I. The lowest BCUT2D eigenvalue weighted by Crippen LogP contribution is -2.38. The van der Waals surface area contributed by atoms with Gasteiger partial charge in [-0.25, -0.2) is 8.42 Å². The third kappa shape index (κ3) is 9.80. The fourth-order valence-corrected chi connectivity index (χ4v) is 4.36. The Kier molecular flexibility index (Phi) is 12.4. The molecule has 0 spiro atoms. The summed E-state index contributed by atoms with van der Waals surface area (Å²) in [5, 5.41) is 6.48. The zero-order valence-corrected chi connectivity index (χ0v) is 20.8. The van der Waals surface area contributed by atoms with Crippen LogP contribution in [0.25, 0.3) is 0 Å². The van der Waals surface area contributed by atoms with Gasteiger partial charge >= 0.3 is 0 Å². The molecule has 0 aliphatic heterocycles. The summed E-state index contributed by atoms with van der Waals surface area (Å²) in [5.41, 5.74) is 1.95. The summed E-state index contributed by atoms with van der Waals surface area (Å²) >= 11 is 0. The zero-order valence-electron chi connectivity index (χ0n) is 17.6. The van der Waals surface area contributed by atoms with Crippen molar-refractivity contribution in [2.75, 3.05) is 32.5 Å². The summed E-state index contributed by atoms with van der Waals surface area (Å²) in [7, 11) is -1.46. The number of nitrogens with zero attached hydrogens (tertiary/aromatic N) is 1. The Morgan fingerprint density at radius 1 is 1.03 bits per heavy atom. The summed E-state index contributed by atoms with van der Waals surface area (Å²) in [6.07, 6.45) is 1.30. The number of aliphatic imine (C=N–C) groups is 1. The van der Waals surface area contributed by atoms with E-state index in [-0.39, 0.29) is 35.5 Å². The number of hydrogen-bond acceptors (Lipinski definition) is 4. The van der Waals surface area contributed by atoms with E-state index in [1.54, 1.807) is 7.11 Å². The number of halogens is 1. The van der Waals surface area contributed by atoms with E-state index in [4.69, 9.17) is 4.74 Å². The number of nitrogens with one attached hydrogen (secondary N) is 2. The first-order valence-electron chi connectivity index (χ1n) is 9.92. The molecule has 2 aromatic carbocycles. The lowest BCUT2D eigenvalue weighted by Gasteiger charge is -2.12. The summed E-state index contributed by atoms with van der Waals surface area (Å²) in [4.78, 5) is 4.50. The van der Waals surface area contributed by atoms with Crippen LogP contribution in [0.1, 0.15) is 24.5 Å². The smallest absolute Gasteiger partial charge is 0.191 e. The summed E-state index contributed by atoms with van der Waals surface area (Å²) in [6.45, 7) is 3.91. The molecule has 2 N–H and O–H groups in total. The van der Waals surface area contributed by atoms with E-state index in [2.05, 4.69) is 15.6 Å². The van der Waals surface area contributed by atoms with E-state index in [1.165, 1.54) is 0 Å². The number of sulfone groups is 1. The van der Waals surface area contributed by atoms with Gasteiger partial charge in [-0.3, -0.25) is 4.99 Å². The van der Waals surface area contributed by atoms with Crippen LogP contribution in [-0.4, -0.2) is 46.9 Å². The molecule has 6 nitrogen and oxygen atoms in total. The van der Waals surface area contributed by atoms with Crippen molar-refractivity contribution in [1.82, 2.24) is 10.6 Å². The Hall–Kier alpha value is -1.81. The van der Waals surface area contributed by atoms with E-state index < -0.39 is 9.84 Å². The lowest BCUT2D eigenvalue weighted by atomic mass is 10.1. The van der Waals surface area contributed by atoms with Gasteiger partial charge in [0.15, 0.2) is 15.8 Å². The van der Waals surface area contributed by atoms with Gasteiger partial charge in [0.05, 0.1) is 18.6 Å². The molecule has 0 unspecified atom stereocenters. The topological polar surface area (TPSA) is 79.8 Å². The van der Waals surface area contributed by atoms with Gasteiger partial charge in [0.1, 0.15) is 5.75 Å². The molecule has 2 aromatic rings. The molecule has 166 valence electrons. The number of benzene rings is 2. The first-order valence-corrected chi connectivity index (χ1v) is 11.7. The Morgan fingerprint density at radius 2 is 1.73 bits per heavy atom. The molecule has 0 aliphatic carbocycles. The van der Waals surface area contributed by atoms with E-state index in [9.17, 15) is 8.42 Å². The van der Waals surface area contributed by atoms with Gasteiger partial charge in [0, 0.05) is 19.6 Å². The van der Waals surface area contributed by atoms with Crippen LogP contribution in [0.15, 0.2) is 59.6 Å². The predicted octanol–water partition coefficient (Wildman–Crippen LogP) is 3.42. The molecule has 0 aliphatic rings. The highest BCUT2D eigenvalue weighted by Gasteiger charge is 2.11. The second-order valence-corrected chi connectivity index (χ2v) is 8.86. The van der Waals surface area contributed by atoms with Crippen molar-refractivity contribution >= 4 is 39.8 Å². The van der Waals surface area contributed by atoms with Crippen LogP contribution in [0.3, 0.4) is 0 Å². The molecular weight excluding hydrogens is 513 g/mol. The molecule has 8 heteroatoms. The molecule has 0 heterocycles. The monoisotopic (exact) mass is 545 g/mol. The maximum atomic E-state index is 12.3. The molecule has 0 saturated carbocycles. The number of para-hydroxylation sites is 1. The third-order valence-electron chi connectivity index (χ3n) is 4.34. The van der Waals surface area contributed by atoms with E-state index in [0.717, 1.165) is 29.8 Å². The molecule has 0 bridgehead atoms. The molecule has 30 heavy (non-hydrogen) atoms. The minimum Gasteiger partial charge on any atom is -0.496 e. The van der Waals surface area contributed by atoms with Crippen LogP contribution in [0.2, 0.25) is 0 Å². The third-order valence-corrected chi connectivity index (χ3v) is 6.02. The van der Waals surface area contributed by atoms with Crippen LogP contribution >= 0.6 is 24.0 Å². The van der Waals surface area contributed by atoms with E-state index in [0.29, 0.717) is 25.5 Å². The highest BCUT2D eigenvalue weighted by Crippen LogP contribution is 2.17. The van der Waals surface area contributed by atoms with Gasteiger partial charge in [-0.05, 0) is 37.0 Å². The van der Waals surface area contributed by atoms with Crippen molar-refractivity contribution in [2.24, 2.45) is 4.99 Å². The molecular formula is C22H32IN3O3S. The second kappa shape index (κ2) is 14.2. The summed E-state index contributed by atoms with van der Waals surface area (Å²) in [5.74, 6) is 1.78. The molecule has 0 fully saturated rings. The number of hydrogen-bond donors (Lipinski definition) is 2. The molecule has 0 radical (unpaired) electrons. The first kappa shape index (κ1) is 26.2. The fourth-order valence-electron chi connectivity index (χ4n) is 2.94. The average Bonchev–Trinajstić information content (AvgIpc) is 2.72. The Labute approximate surface area is 197 Å². The molecule has 0 aromatic heterocycles. The van der Waals surface area contributed by atoms with Gasteiger partial charge in [0.2, 0.25) is 0 Å². The molecule has 0 amide bonds. The Morgan fingerprint density at radius 3 is 2.43 bits per heavy atom. The minimum absolute atomic E-state index is 0. The normalized spacial score (nSPS) is 11.5. The van der Waals surface area contributed by atoms with Gasteiger partial charge in [0.25, 0.3) is 0 Å². The van der Waals surface area contributed by atoms with Crippen LogP contribution in [-0.2, 0) is 22.0 Å². The molecule has 0 atom stereocenters. The standard InChI is InChI=1S/C22H31N3O3S.HI/c1-3-23-22(25-16-14-20-12-7-8-13-21(20)28-2)24-15-9-17-29(26,27)18-19-10-5-4-6-11-19;/h4-8,10-13H,3,9,14-18H2,1-2H3,(H2,23,24,25);1H. The number of guanidine groups is 1. The summed E-state index contributed by atoms with van der Waals surface area (Å²) in [6, 6.07) is 17.2. The van der Waals surface area contributed by atoms with Crippen molar-refractivity contribution in [2.45, 2.75) is 25.5 Å². The number of rotatable bonds is 11. The van der Waals surface area contributed by atoms with Crippen LogP contribution < -0.4 is 15.4 Å². The maximum Gasteiger partial charge on any atom is 0.191 e. The Bertz CT molecular complexity index is 874. The van der Waals surface area contributed by atoms with Crippen LogP contribution in [0.5, 0.6) is 5.75 Å².